The molecule has 1 saturated heterocycles. The normalized spacial score (nSPS) is 20.1. The first-order chi connectivity index (χ1) is 10.2. The Kier molecular flexibility index (Phi) is 6.05. The van der Waals surface area contributed by atoms with Gasteiger partial charge in [-0.05, 0) is 42.9 Å². The summed E-state index contributed by atoms with van der Waals surface area (Å²) in [6, 6.07) is 8.68. The van der Waals surface area contributed by atoms with Crippen molar-refractivity contribution < 1.29 is 9.47 Å². The number of hydrogen-bond donors (Lipinski definition) is 0. The lowest BCUT2D eigenvalue weighted by molar-refractivity contribution is 0.118. The maximum Gasteiger partial charge on any atom is 0.119 e. The van der Waals surface area contributed by atoms with Crippen LogP contribution in [-0.2, 0) is 11.2 Å². The van der Waals surface area contributed by atoms with E-state index in [4.69, 9.17) is 9.47 Å². The molecule has 0 spiro atoms. The molecule has 0 bridgehead atoms. The second-order valence-corrected chi connectivity index (χ2v) is 5.71. The van der Waals surface area contributed by atoms with Gasteiger partial charge in [0.15, 0.2) is 0 Å². The number of methoxy groups -OCH3 is 2. The topological polar surface area (TPSA) is 34.1 Å². The van der Waals surface area contributed by atoms with Crippen LogP contribution in [0.1, 0.15) is 25.3 Å². The van der Waals surface area contributed by atoms with Crippen LogP contribution < -0.4 is 4.74 Å². The second-order valence-electron chi connectivity index (χ2n) is 5.71. The Morgan fingerprint density at radius 2 is 2.29 bits per heavy atom. The first-order valence-corrected chi connectivity index (χ1v) is 7.65. The van der Waals surface area contributed by atoms with Gasteiger partial charge in [0, 0.05) is 19.9 Å². The van der Waals surface area contributed by atoms with E-state index in [1.807, 2.05) is 12.1 Å². The lowest BCUT2D eigenvalue weighted by Gasteiger charge is -2.21. The second kappa shape index (κ2) is 8.03. The van der Waals surface area contributed by atoms with E-state index in [1.165, 1.54) is 18.4 Å². The van der Waals surface area contributed by atoms with Crippen LogP contribution >= 0.6 is 0 Å². The van der Waals surface area contributed by atoms with E-state index in [0.717, 1.165) is 25.3 Å². The number of nitrogens with zero attached hydrogens (tertiary/aromatic N) is 2. The Balaban J connectivity index is 1.88. The van der Waals surface area contributed by atoms with Crippen molar-refractivity contribution in [2.45, 2.75) is 32.2 Å². The Morgan fingerprint density at radius 3 is 3.05 bits per heavy atom. The first kappa shape index (κ1) is 15.8. The standard InChI is InChI=1S/C17H26N2O2/c1-14(10-15-6-4-8-17(11-15)21-3)12-18-19-9-5-7-16(19)13-20-2/h4,6,8,11-12,14,16H,5,7,9-10,13H2,1-3H3/b18-12+. The monoisotopic (exact) mass is 290 g/mol. The van der Waals surface area contributed by atoms with E-state index in [1.54, 1.807) is 14.2 Å². The van der Waals surface area contributed by atoms with Gasteiger partial charge in [-0.25, -0.2) is 0 Å². The summed E-state index contributed by atoms with van der Waals surface area (Å²) < 4.78 is 10.5. The van der Waals surface area contributed by atoms with Crippen LogP contribution in [0.4, 0.5) is 0 Å². The van der Waals surface area contributed by atoms with Gasteiger partial charge in [0.25, 0.3) is 0 Å². The highest BCUT2D eigenvalue weighted by Crippen LogP contribution is 2.18. The van der Waals surface area contributed by atoms with Crippen molar-refractivity contribution in [2.24, 2.45) is 11.0 Å². The summed E-state index contributed by atoms with van der Waals surface area (Å²) in [6.45, 7) is 4.00. The summed E-state index contributed by atoms with van der Waals surface area (Å²) in [5.41, 5.74) is 1.28. The van der Waals surface area contributed by atoms with Gasteiger partial charge < -0.3 is 9.47 Å². The van der Waals surface area contributed by atoms with Gasteiger partial charge in [-0.3, -0.25) is 5.01 Å². The lowest BCUT2D eigenvalue weighted by Crippen LogP contribution is -2.28. The molecule has 2 atom stereocenters. The molecule has 0 radical (unpaired) electrons. The zero-order valence-electron chi connectivity index (χ0n) is 13.3. The maximum atomic E-state index is 5.26. The molecule has 0 aromatic heterocycles. The van der Waals surface area contributed by atoms with E-state index < -0.39 is 0 Å². The molecule has 0 N–H and O–H groups in total. The number of ether oxygens (including phenoxy) is 2. The minimum Gasteiger partial charge on any atom is -0.497 e. The fraction of sp³-hybridized carbons (Fsp3) is 0.588. The van der Waals surface area contributed by atoms with Crippen LogP contribution in [0.25, 0.3) is 0 Å². The van der Waals surface area contributed by atoms with Crippen LogP contribution in [-0.4, -0.2) is 44.6 Å². The van der Waals surface area contributed by atoms with Crippen molar-refractivity contribution in [2.75, 3.05) is 27.4 Å². The molecular weight excluding hydrogens is 264 g/mol. The smallest absolute Gasteiger partial charge is 0.119 e. The molecule has 2 rings (SSSR count). The number of hydrazone groups is 1. The van der Waals surface area contributed by atoms with Crippen LogP contribution in [0.2, 0.25) is 0 Å². The number of hydrogen-bond acceptors (Lipinski definition) is 4. The van der Waals surface area contributed by atoms with Gasteiger partial charge in [-0.2, -0.15) is 5.10 Å². The van der Waals surface area contributed by atoms with E-state index in [-0.39, 0.29) is 0 Å². The van der Waals surface area contributed by atoms with Crippen molar-refractivity contribution in [1.29, 1.82) is 0 Å². The zero-order valence-corrected chi connectivity index (χ0v) is 13.3. The predicted octanol–water partition coefficient (Wildman–Crippen LogP) is 2.97. The van der Waals surface area contributed by atoms with Crippen molar-refractivity contribution in [1.82, 2.24) is 5.01 Å². The molecular formula is C17H26N2O2. The fourth-order valence-electron chi connectivity index (χ4n) is 2.76. The molecule has 0 aliphatic carbocycles. The van der Waals surface area contributed by atoms with E-state index in [0.29, 0.717) is 12.0 Å². The molecule has 1 aliphatic heterocycles. The molecule has 0 amide bonds. The molecule has 21 heavy (non-hydrogen) atoms. The van der Waals surface area contributed by atoms with Crippen LogP contribution in [0.3, 0.4) is 0 Å². The molecule has 4 heteroatoms. The van der Waals surface area contributed by atoms with Crippen LogP contribution in [0, 0.1) is 5.92 Å². The predicted molar refractivity (Wildman–Crippen MR) is 86.0 cm³/mol. The molecule has 1 aromatic rings. The summed E-state index contributed by atoms with van der Waals surface area (Å²) in [6.07, 6.45) is 5.42. The Labute approximate surface area is 127 Å². The minimum absolute atomic E-state index is 0.404. The van der Waals surface area contributed by atoms with Gasteiger partial charge in [0.05, 0.1) is 19.8 Å². The van der Waals surface area contributed by atoms with Crippen molar-refractivity contribution in [3.05, 3.63) is 29.8 Å². The third kappa shape index (κ3) is 4.74. The highest BCUT2D eigenvalue weighted by atomic mass is 16.5. The van der Waals surface area contributed by atoms with Gasteiger partial charge >= 0.3 is 0 Å². The number of rotatable bonds is 7. The maximum absolute atomic E-state index is 5.26. The fourth-order valence-corrected chi connectivity index (χ4v) is 2.76. The lowest BCUT2D eigenvalue weighted by atomic mass is 10.0. The molecule has 1 aromatic carbocycles. The SMILES string of the molecule is COCC1CCCN1/N=C/C(C)Cc1cccc(OC)c1. The molecule has 1 aliphatic rings. The van der Waals surface area contributed by atoms with Gasteiger partial charge in [0.1, 0.15) is 5.75 Å². The summed E-state index contributed by atoms with van der Waals surface area (Å²) in [5, 5.41) is 6.83. The van der Waals surface area contributed by atoms with E-state index in [2.05, 4.69) is 35.4 Å². The Bertz CT molecular complexity index is 462. The molecule has 116 valence electrons. The minimum atomic E-state index is 0.404. The summed E-state index contributed by atoms with van der Waals surface area (Å²) >= 11 is 0. The Hall–Kier alpha value is -1.55. The van der Waals surface area contributed by atoms with Crippen LogP contribution in [0.5, 0.6) is 5.75 Å². The zero-order chi connectivity index (χ0) is 15.1. The van der Waals surface area contributed by atoms with Crippen molar-refractivity contribution in [3.8, 4) is 5.75 Å². The highest BCUT2D eigenvalue weighted by Gasteiger charge is 2.22. The summed E-state index contributed by atoms with van der Waals surface area (Å²) in [4.78, 5) is 0. The summed E-state index contributed by atoms with van der Waals surface area (Å²) in [5.74, 6) is 1.32. The molecule has 4 nitrogen and oxygen atoms in total. The summed E-state index contributed by atoms with van der Waals surface area (Å²) in [7, 11) is 3.46. The third-order valence-corrected chi connectivity index (χ3v) is 3.87. The third-order valence-electron chi connectivity index (χ3n) is 3.87. The average Bonchev–Trinajstić information content (AvgIpc) is 2.93. The Morgan fingerprint density at radius 1 is 1.43 bits per heavy atom. The van der Waals surface area contributed by atoms with Crippen molar-refractivity contribution in [3.63, 3.8) is 0 Å². The van der Waals surface area contributed by atoms with Gasteiger partial charge in [-0.15, -0.1) is 0 Å². The average molecular weight is 290 g/mol. The first-order valence-electron chi connectivity index (χ1n) is 7.65. The molecule has 0 saturated carbocycles. The molecule has 1 heterocycles. The van der Waals surface area contributed by atoms with Crippen molar-refractivity contribution >= 4 is 6.21 Å². The highest BCUT2D eigenvalue weighted by molar-refractivity contribution is 5.60. The quantitative estimate of drug-likeness (QED) is 0.724. The molecule has 1 fully saturated rings. The van der Waals surface area contributed by atoms with Gasteiger partial charge in [0.2, 0.25) is 0 Å². The van der Waals surface area contributed by atoms with E-state index >= 15 is 0 Å². The van der Waals surface area contributed by atoms with Crippen LogP contribution in [0.15, 0.2) is 29.4 Å². The largest absolute Gasteiger partial charge is 0.497 e. The van der Waals surface area contributed by atoms with Gasteiger partial charge in [-0.1, -0.05) is 19.1 Å². The molecule has 2 unspecified atom stereocenters. The number of benzene rings is 1. The van der Waals surface area contributed by atoms with E-state index in [9.17, 15) is 0 Å².